The number of hydrogen-bond acceptors (Lipinski definition) is 3. The van der Waals surface area contributed by atoms with Gasteiger partial charge in [0.05, 0.1) is 18.7 Å². The number of nitrogens with one attached hydrogen (secondary N) is 2. The Balaban J connectivity index is 1.57. The standard InChI is InChI=1S/C25H29N3O2S/c1-17-10-11-23-20(13-17)14-21(24(29)27-23)15-28(16-22-9-6-12-30-22)25(31)26-18(2)19-7-4-3-5-8-19/h3-5,7-8,10-11,13-14,18,22H,6,9,12,15-16H2,1-2H3,(H,26,31)(H,27,29)/t18-,22+/m1/s1. The summed E-state index contributed by atoms with van der Waals surface area (Å²) < 4.78 is 5.86. The number of aromatic nitrogens is 1. The van der Waals surface area contributed by atoms with E-state index >= 15 is 0 Å². The second-order valence-corrected chi connectivity index (χ2v) is 8.70. The number of hydrogen-bond donors (Lipinski definition) is 2. The monoisotopic (exact) mass is 435 g/mol. The molecule has 1 saturated heterocycles. The number of aromatic amines is 1. The SMILES string of the molecule is Cc1ccc2[nH]c(=O)c(CN(C[C@@H]3CCCO3)C(=S)N[C@H](C)c3ccccc3)cc2c1. The fourth-order valence-corrected chi connectivity index (χ4v) is 4.37. The van der Waals surface area contributed by atoms with Gasteiger partial charge in [0, 0.05) is 24.2 Å². The molecule has 6 heteroatoms. The summed E-state index contributed by atoms with van der Waals surface area (Å²) in [6, 6.07) is 18.3. The van der Waals surface area contributed by atoms with Crippen molar-refractivity contribution in [2.45, 2.75) is 45.4 Å². The third kappa shape index (κ3) is 5.32. The molecule has 0 saturated carbocycles. The zero-order valence-electron chi connectivity index (χ0n) is 18.1. The predicted molar refractivity (Wildman–Crippen MR) is 129 cm³/mol. The van der Waals surface area contributed by atoms with Crippen molar-refractivity contribution in [3.63, 3.8) is 0 Å². The van der Waals surface area contributed by atoms with Crippen molar-refractivity contribution in [1.82, 2.24) is 15.2 Å². The van der Waals surface area contributed by atoms with Gasteiger partial charge in [-0.05, 0) is 68.1 Å². The van der Waals surface area contributed by atoms with E-state index in [-0.39, 0.29) is 17.7 Å². The van der Waals surface area contributed by atoms with Gasteiger partial charge in [-0.15, -0.1) is 0 Å². The summed E-state index contributed by atoms with van der Waals surface area (Å²) in [6.07, 6.45) is 2.21. The molecule has 0 bridgehead atoms. The number of fused-ring (bicyclic) bond motifs is 1. The van der Waals surface area contributed by atoms with Crippen LogP contribution in [0.1, 0.15) is 42.5 Å². The van der Waals surface area contributed by atoms with Gasteiger partial charge in [-0.25, -0.2) is 0 Å². The second kappa shape index (κ2) is 9.62. The van der Waals surface area contributed by atoms with E-state index in [1.54, 1.807) is 0 Å². The van der Waals surface area contributed by atoms with E-state index in [1.807, 2.05) is 36.4 Å². The van der Waals surface area contributed by atoms with Crippen LogP contribution in [0.3, 0.4) is 0 Å². The highest BCUT2D eigenvalue weighted by Crippen LogP contribution is 2.18. The van der Waals surface area contributed by atoms with E-state index in [4.69, 9.17) is 17.0 Å². The van der Waals surface area contributed by atoms with Gasteiger partial charge >= 0.3 is 0 Å². The summed E-state index contributed by atoms with van der Waals surface area (Å²) >= 11 is 5.79. The fourth-order valence-electron chi connectivity index (χ4n) is 4.05. The van der Waals surface area contributed by atoms with Gasteiger partial charge in [-0.2, -0.15) is 0 Å². The maximum Gasteiger partial charge on any atom is 0.253 e. The molecule has 2 atom stereocenters. The maximum atomic E-state index is 12.8. The molecule has 0 unspecified atom stereocenters. The number of pyridine rings is 1. The molecule has 2 heterocycles. The van der Waals surface area contributed by atoms with Crippen LogP contribution in [0.2, 0.25) is 0 Å². The first-order valence-corrected chi connectivity index (χ1v) is 11.2. The molecule has 2 aromatic carbocycles. The normalized spacial score (nSPS) is 16.9. The minimum atomic E-state index is -0.0763. The van der Waals surface area contributed by atoms with E-state index in [0.717, 1.165) is 35.9 Å². The zero-order chi connectivity index (χ0) is 21.8. The van der Waals surface area contributed by atoms with Gasteiger partial charge in [0.25, 0.3) is 5.56 Å². The number of aryl methyl sites for hydroxylation is 1. The highest BCUT2D eigenvalue weighted by molar-refractivity contribution is 7.80. The molecule has 31 heavy (non-hydrogen) atoms. The number of benzene rings is 2. The Bertz CT molecular complexity index is 1110. The van der Waals surface area contributed by atoms with Crippen LogP contribution >= 0.6 is 12.2 Å². The lowest BCUT2D eigenvalue weighted by Gasteiger charge is -2.30. The topological polar surface area (TPSA) is 57.4 Å². The Kier molecular flexibility index (Phi) is 6.68. The molecule has 4 rings (SSSR count). The van der Waals surface area contributed by atoms with Gasteiger partial charge in [0.15, 0.2) is 5.11 Å². The lowest BCUT2D eigenvalue weighted by Crippen LogP contribution is -2.44. The molecule has 1 aliphatic rings. The number of H-pyrrole nitrogens is 1. The molecule has 0 spiro atoms. The van der Waals surface area contributed by atoms with Crippen LogP contribution in [0.4, 0.5) is 0 Å². The molecule has 1 fully saturated rings. The summed E-state index contributed by atoms with van der Waals surface area (Å²) in [7, 11) is 0. The van der Waals surface area contributed by atoms with Crippen LogP contribution < -0.4 is 10.9 Å². The molecule has 0 amide bonds. The lowest BCUT2D eigenvalue weighted by atomic mass is 10.1. The van der Waals surface area contributed by atoms with E-state index in [9.17, 15) is 4.79 Å². The van der Waals surface area contributed by atoms with Crippen LogP contribution in [0.5, 0.6) is 0 Å². The van der Waals surface area contributed by atoms with Gasteiger partial charge < -0.3 is 19.9 Å². The molecule has 1 aliphatic heterocycles. The fraction of sp³-hybridized carbons (Fsp3) is 0.360. The third-order valence-electron chi connectivity index (χ3n) is 5.81. The second-order valence-electron chi connectivity index (χ2n) is 8.31. The first-order chi connectivity index (χ1) is 15.0. The summed E-state index contributed by atoms with van der Waals surface area (Å²) in [4.78, 5) is 17.9. The van der Waals surface area contributed by atoms with E-state index in [2.05, 4.69) is 47.2 Å². The van der Waals surface area contributed by atoms with E-state index in [0.29, 0.717) is 23.8 Å². The Morgan fingerprint density at radius 2 is 2.06 bits per heavy atom. The van der Waals surface area contributed by atoms with E-state index in [1.165, 1.54) is 5.56 Å². The van der Waals surface area contributed by atoms with Crippen molar-refractivity contribution in [3.05, 3.63) is 81.6 Å². The highest BCUT2D eigenvalue weighted by atomic mass is 32.1. The first-order valence-electron chi connectivity index (χ1n) is 10.8. The van der Waals surface area contributed by atoms with Crippen LogP contribution in [0.15, 0.2) is 59.4 Å². The van der Waals surface area contributed by atoms with Gasteiger partial charge in [0.1, 0.15) is 0 Å². The number of ether oxygens (including phenoxy) is 1. The molecule has 3 aromatic rings. The maximum absolute atomic E-state index is 12.8. The minimum absolute atomic E-state index is 0.0678. The summed E-state index contributed by atoms with van der Waals surface area (Å²) in [6.45, 7) is 6.04. The highest BCUT2D eigenvalue weighted by Gasteiger charge is 2.23. The average molecular weight is 436 g/mol. The quantitative estimate of drug-likeness (QED) is 0.560. The molecular formula is C25H29N3O2S. The lowest BCUT2D eigenvalue weighted by molar-refractivity contribution is 0.0895. The van der Waals surface area contributed by atoms with Gasteiger partial charge in [0.2, 0.25) is 0 Å². The van der Waals surface area contributed by atoms with Crippen molar-refractivity contribution in [2.75, 3.05) is 13.2 Å². The van der Waals surface area contributed by atoms with Gasteiger partial charge in [-0.1, -0.05) is 42.0 Å². The molecule has 0 aliphatic carbocycles. The summed E-state index contributed by atoms with van der Waals surface area (Å²) in [5.74, 6) is 0. The molecule has 1 aromatic heterocycles. The van der Waals surface area contributed by atoms with Crippen LogP contribution in [0, 0.1) is 6.92 Å². The van der Waals surface area contributed by atoms with Crippen LogP contribution in [0.25, 0.3) is 10.9 Å². The van der Waals surface area contributed by atoms with Crippen LogP contribution in [-0.2, 0) is 11.3 Å². The van der Waals surface area contributed by atoms with Crippen molar-refractivity contribution in [3.8, 4) is 0 Å². The van der Waals surface area contributed by atoms with E-state index < -0.39 is 0 Å². The first kappa shape index (κ1) is 21.5. The molecular weight excluding hydrogens is 406 g/mol. The number of rotatable bonds is 6. The Hall–Kier alpha value is -2.70. The van der Waals surface area contributed by atoms with Crippen molar-refractivity contribution < 1.29 is 4.74 Å². The van der Waals surface area contributed by atoms with Crippen molar-refractivity contribution >= 4 is 28.2 Å². The molecule has 2 N–H and O–H groups in total. The molecule has 5 nitrogen and oxygen atoms in total. The molecule has 0 radical (unpaired) electrons. The summed E-state index contributed by atoms with van der Waals surface area (Å²) in [5, 5.41) is 5.11. The Morgan fingerprint density at radius 3 is 2.81 bits per heavy atom. The Morgan fingerprint density at radius 1 is 1.26 bits per heavy atom. The number of thiocarbonyl (C=S) groups is 1. The zero-order valence-corrected chi connectivity index (χ0v) is 18.9. The van der Waals surface area contributed by atoms with Crippen molar-refractivity contribution in [2.24, 2.45) is 0 Å². The molecule has 162 valence electrons. The third-order valence-corrected chi connectivity index (χ3v) is 6.19. The number of nitrogens with zero attached hydrogens (tertiary/aromatic N) is 1. The Labute approximate surface area is 188 Å². The predicted octanol–water partition coefficient (Wildman–Crippen LogP) is 4.45. The average Bonchev–Trinajstić information content (AvgIpc) is 3.27. The summed E-state index contributed by atoms with van der Waals surface area (Å²) in [5.41, 5.74) is 3.81. The minimum Gasteiger partial charge on any atom is -0.376 e. The van der Waals surface area contributed by atoms with Crippen molar-refractivity contribution in [1.29, 1.82) is 0 Å². The van der Waals surface area contributed by atoms with Crippen LogP contribution in [-0.4, -0.2) is 34.3 Å². The largest absolute Gasteiger partial charge is 0.376 e. The van der Waals surface area contributed by atoms with Gasteiger partial charge in [-0.3, -0.25) is 4.79 Å². The smallest absolute Gasteiger partial charge is 0.253 e.